The van der Waals surface area contributed by atoms with Crippen LogP contribution in [0.5, 0.6) is 0 Å². The van der Waals surface area contributed by atoms with Crippen LogP contribution in [0, 0.1) is 0 Å². The standard InChI is InChI=1S/C9H9ClN2/c1-7(10)8-3-2-5-12-6-4-11-9(8)12/h2-7H,1H3. The molecule has 2 aromatic rings. The average Bonchev–Trinajstić information content (AvgIpc) is 2.49. The maximum absolute atomic E-state index is 5.99. The van der Waals surface area contributed by atoms with Gasteiger partial charge in [0.1, 0.15) is 5.65 Å². The van der Waals surface area contributed by atoms with Gasteiger partial charge in [0.05, 0.1) is 5.38 Å². The Hall–Kier alpha value is -1.02. The molecule has 1 unspecified atom stereocenters. The predicted octanol–water partition coefficient (Wildman–Crippen LogP) is 2.63. The van der Waals surface area contributed by atoms with Crippen molar-refractivity contribution in [1.29, 1.82) is 0 Å². The lowest BCUT2D eigenvalue weighted by Crippen LogP contribution is -1.91. The number of nitrogens with zero attached hydrogens (tertiary/aromatic N) is 2. The van der Waals surface area contributed by atoms with Crippen LogP contribution >= 0.6 is 11.6 Å². The summed E-state index contributed by atoms with van der Waals surface area (Å²) in [6.07, 6.45) is 5.65. The topological polar surface area (TPSA) is 17.3 Å². The average molecular weight is 181 g/mol. The first kappa shape index (κ1) is 7.62. The van der Waals surface area contributed by atoms with Crippen LogP contribution < -0.4 is 0 Å². The van der Waals surface area contributed by atoms with Crippen LogP contribution in [0.25, 0.3) is 5.65 Å². The maximum Gasteiger partial charge on any atom is 0.141 e. The monoisotopic (exact) mass is 180 g/mol. The third-order valence-corrected chi connectivity index (χ3v) is 2.11. The highest BCUT2D eigenvalue weighted by Crippen LogP contribution is 2.22. The largest absolute Gasteiger partial charge is 0.307 e. The summed E-state index contributed by atoms with van der Waals surface area (Å²) in [5, 5.41) is 0.0103. The Morgan fingerprint density at radius 3 is 3.08 bits per heavy atom. The molecule has 2 aromatic heterocycles. The summed E-state index contributed by atoms with van der Waals surface area (Å²) >= 11 is 5.99. The third kappa shape index (κ3) is 1.08. The minimum absolute atomic E-state index is 0.0103. The van der Waals surface area contributed by atoms with Crippen LogP contribution in [0.15, 0.2) is 30.7 Å². The number of alkyl halides is 1. The molecular formula is C9H9ClN2. The van der Waals surface area contributed by atoms with Gasteiger partial charge in [-0.05, 0) is 13.0 Å². The first-order chi connectivity index (χ1) is 5.79. The normalized spacial score (nSPS) is 13.5. The highest BCUT2D eigenvalue weighted by Gasteiger charge is 2.06. The zero-order valence-electron chi connectivity index (χ0n) is 6.74. The van der Waals surface area contributed by atoms with E-state index >= 15 is 0 Å². The van der Waals surface area contributed by atoms with Gasteiger partial charge in [0.15, 0.2) is 0 Å². The summed E-state index contributed by atoms with van der Waals surface area (Å²) in [5.41, 5.74) is 2.02. The summed E-state index contributed by atoms with van der Waals surface area (Å²) in [6.45, 7) is 1.95. The van der Waals surface area contributed by atoms with E-state index in [1.165, 1.54) is 0 Å². The molecule has 0 N–H and O–H groups in total. The van der Waals surface area contributed by atoms with Crippen LogP contribution in [0.1, 0.15) is 17.9 Å². The zero-order valence-corrected chi connectivity index (χ0v) is 7.49. The minimum atomic E-state index is 0.0103. The quantitative estimate of drug-likeness (QED) is 0.617. The number of hydrogen-bond acceptors (Lipinski definition) is 1. The Morgan fingerprint density at radius 1 is 1.50 bits per heavy atom. The SMILES string of the molecule is CC(Cl)c1cccn2ccnc12. The van der Waals surface area contributed by atoms with Gasteiger partial charge in [-0.1, -0.05) is 6.07 Å². The molecule has 3 heteroatoms. The van der Waals surface area contributed by atoms with Gasteiger partial charge in [-0.3, -0.25) is 0 Å². The van der Waals surface area contributed by atoms with Crippen molar-refractivity contribution >= 4 is 17.2 Å². The summed E-state index contributed by atoms with van der Waals surface area (Å²) in [6, 6.07) is 3.98. The Kier molecular flexibility index (Phi) is 1.77. The van der Waals surface area contributed by atoms with E-state index in [1.54, 1.807) is 6.20 Å². The van der Waals surface area contributed by atoms with Crippen molar-refractivity contribution in [3.63, 3.8) is 0 Å². The molecule has 0 saturated carbocycles. The molecule has 0 saturated heterocycles. The van der Waals surface area contributed by atoms with Gasteiger partial charge in [0.25, 0.3) is 0 Å². The Bertz CT molecular complexity index is 392. The molecule has 0 aliphatic rings. The van der Waals surface area contributed by atoms with Crippen LogP contribution in [0.2, 0.25) is 0 Å². The lowest BCUT2D eigenvalue weighted by molar-refractivity contribution is 1.05. The molecule has 2 rings (SSSR count). The van der Waals surface area contributed by atoms with Gasteiger partial charge in [0, 0.05) is 24.2 Å². The van der Waals surface area contributed by atoms with E-state index in [0.29, 0.717) is 0 Å². The fraction of sp³-hybridized carbons (Fsp3) is 0.222. The second-order valence-electron chi connectivity index (χ2n) is 2.74. The van der Waals surface area contributed by atoms with E-state index < -0.39 is 0 Å². The fourth-order valence-corrected chi connectivity index (χ4v) is 1.45. The predicted molar refractivity (Wildman–Crippen MR) is 49.5 cm³/mol. The summed E-state index contributed by atoms with van der Waals surface area (Å²) in [4.78, 5) is 4.22. The van der Waals surface area contributed by atoms with E-state index in [2.05, 4.69) is 4.98 Å². The van der Waals surface area contributed by atoms with Crippen molar-refractivity contribution in [3.8, 4) is 0 Å². The Morgan fingerprint density at radius 2 is 2.33 bits per heavy atom. The van der Waals surface area contributed by atoms with Gasteiger partial charge in [-0.2, -0.15) is 0 Å². The summed E-state index contributed by atoms with van der Waals surface area (Å²) < 4.78 is 1.97. The Balaban J connectivity index is 2.73. The lowest BCUT2D eigenvalue weighted by atomic mass is 10.2. The highest BCUT2D eigenvalue weighted by molar-refractivity contribution is 6.21. The molecule has 0 aliphatic heterocycles. The van der Waals surface area contributed by atoms with E-state index in [-0.39, 0.29) is 5.38 Å². The second kappa shape index (κ2) is 2.79. The second-order valence-corrected chi connectivity index (χ2v) is 3.39. The molecule has 0 aromatic carbocycles. The molecule has 2 nitrogen and oxygen atoms in total. The van der Waals surface area contributed by atoms with Crippen LogP contribution in [-0.4, -0.2) is 9.38 Å². The molecule has 0 bridgehead atoms. The van der Waals surface area contributed by atoms with Crippen molar-refractivity contribution in [2.75, 3.05) is 0 Å². The molecule has 0 amide bonds. The van der Waals surface area contributed by atoms with Gasteiger partial charge in [-0.25, -0.2) is 4.98 Å². The summed E-state index contributed by atoms with van der Waals surface area (Å²) in [7, 11) is 0. The van der Waals surface area contributed by atoms with Gasteiger partial charge in [-0.15, -0.1) is 11.6 Å². The number of imidazole rings is 1. The number of fused-ring (bicyclic) bond motifs is 1. The first-order valence-corrected chi connectivity index (χ1v) is 4.28. The number of rotatable bonds is 1. The number of hydrogen-bond donors (Lipinski definition) is 0. The van der Waals surface area contributed by atoms with Gasteiger partial charge in [0.2, 0.25) is 0 Å². The number of aromatic nitrogens is 2. The highest BCUT2D eigenvalue weighted by atomic mass is 35.5. The van der Waals surface area contributed by atoms with Crippen molar-refractivity contribution in [2.45, 2.75) is 12.3 Å². The lowest BCUT2D eigenvalue weighted by Gasteiger charge is -2.03. The maximum atomic E-state index is 5.99. The smallest absolute Gasteiger partial charge is 0.141 e. The number of halogens is 1. The van der Waals surface area contributed by atoms with E-state index in [0.717, 1.165) is 11.2 Å². The van der Waals surface area contributed by atoms with Crippen LogP contribution in [0.4, 0.5) is 0 Å². The van der Waals surface area contributed by atoms with Crippen LogP contribution in [0.3, 0.4) is 0 Å². The number of pyridine rings is 1. The molecule has 0 radical (unpaired) electrons. The fourth-order valence-electron chi connectivity index (χ4n) is 1.28. The molecule has 2 heterocycles. The van der Waals surface area contributed by atoms with E-state index in [4.69, 9.17) is 11.6 Å². The molecule has 0 fully saturated rings. The molecular weight excluding hydrogens is 172 g/mol. The molecule has 0 aliphatic carbocycles. The molecule has 12 heavy (non-hydrogen) atoms. The van der Waals surface area contributed by atoms with Gasteiger partial charge < -0.3 is 4.40 Å². The van der Waals surface area contributed by atoms with E-state index in [1.807, 2.05) is 35.9 Å². The third-order valence-electron chi connectivity index (χ3n) is 1.88. The molecule has 1 atom stereocenters. The van der Waals surface area contributed by atoms with Crippen LogP contribution in [-0.2, 0) is 0 Å². The van der Waals surface area contributed by atoms with Crippen molar-refractivity contribution in [3.05, 3.63) is 36.3 Å². The van der Waals surface area contributed by atoms with Crippen molar-refractivity contribution < 1.29 is 0 Å². The van der Waals surface area contributed by atoms with Gasteiger partial charge >= 0.3 is 0 Å². The van der Waals surface area contributed by atoms with Crippen molar-refractivity contribution in [1.82, 2.24) is 9.38 Å². The molecule has 62 valence electrons. The zero-order chi connectivity index (χ0) is 8.55. The van der Waals surface area contributed by atoms with E-state index in [9.17, 15) is 0 Å². The summed E-state index contributed by atoms with van der Waals surface area (Å²) in [5.74, 6) is 0. The Labute approximate surface area is 75.8 Å². The van der Waals surface area contributed by atoms with Crippen molar-refractivity contribution in [2.24, 2.45) is 0 Å². The minimum Gasteiger partial charge on any atom is -0.307 e. The molecule has 0 spiro atoms. The first-order valence-electron chi connectivity index (χ1n) is 3.84.